The normalized spacial score (nSPS) is 15.3. The largest absolute Gasteiger partial charge is 0.493 e. The molecule has 0 aliphatic heterocycles. The summed E-state index contributed by atoms with van der Waals surface area (Å²) in [5.41, 5.74) is 4.62. The van der Waals surface area contributed by atoms with Crippen molar-refractivity contribution in [1.29, 1.82) is 0 Å². The van der Waals surface area contributed by atoms with Crippen molar-refractivity contribution in [3.8, 4) is 17.2 Å². The lowest BCUT2D eigenvalue weighted by molar-refractivity contribution is 0.0951. The maximum atomic E-state index is 13.4. The molecule has 1 aliphatic carbocycles. The van der Waals surface area contributed by atoms with E-state index in [4.69, 9.17) is 19.2 Å². The van der Waals surface area contributed by atoms with Crippen LogP contribution in [0.25, 0.3) is 10.9 Å². The van der Waals surface area contributed by atoms with Gasteiger partial charge in [0.1, 0.15) is 0 Å². The number of carbonyl (C=O) groups is 1. The third kappa shape index (κ3) is 4.02. The Morgan fingerprint density at radius 2 is 1.81 bits per heavy atom. The van der Waals surface area contributed by atoms with Gasteiger partial charge in [0, 0.05) is 17.6 Å². The number of nitrogens with zero attached hydrogens (tertiary/aromatic N) is 1. The molecular formula is C25H28N2O4. The van der Waals surface area contributed by atoms with Gasteiger partial charge >= 0.3 is 0 Å². The first-order valence-corrected chi connectivity index (χ1v) is 10.5. The summed E-state index contributed by atoms with van der Waals surface area (Å²) in [5.74, 6) is 2.11. The summed E-state index contributed by atoms with van der Waals surface area (Å²) in [5, 5.41) is 3.99. The van der Waals surface area contributed by atoms with E-state index in [1.165, 1.54) is 0 Å². The predicted octanol–water partition coefficient (Wildman–Crippen LogP) is 4.32. The monoisotopic (exact) mass is 420 g/mol. The number of para-hydroxylation sites is 1. The van der Waals surface area contributed by atoms with Crippen molar-refractivity contribution >= 4 is 16.8 Å². The summed E-state index contributed by atoms with van der Waals surface area (Å²) in [6.07, 6.45) is 2.89. The van der Waals surface area contributed by atoms with Gasteiger partial charge in [-0.3, -0.25) is 9.78 Å². The molecule has 2 aromatic carbocycles. The van der Waals surface area contributed by atoms with E-state index in [1.807, 2.05) is 36.4 Å². The van der Waals surface area contributed by atoms with Crippen LogP contribution in [-0.4, -0.2) is 32.2 Å². The van der Waals surface area contributed by atoms with Crippen molar-refractivity contribution in [2.75, 3.05) is 21.3 Å². The average Bonchev–Trinajstić information content (AvgIpc) is 2.80. The first-order valence-electron chi connectivity index (χ1n) is 10.5. The Morgan fingerprint density at radius 3 is 2.48 bits per heavy atom. The lowest BCUT2D eigenvalue weighted by atomic mass is 9.84. The Kier molecular flexibility index (Phi) is 5.98. The number of amides is 1. The fourth-order valence-corrected chi connectivity index (χ4v) is 4.33. The molecule has 0 saturated heterocycles. The fraction of sp³-hybridized carbons (Fsp3) is 0.360. The first kappa shape index (κ1) is 21.0. The van der Waals surface area contributed by atoms with Crippen LogP contribution in [-0.2, 0) is 19.4 Å². The van der Waals surface area contributed by atoms with E-state index >= 15 is 0 Å². The number of benzene rings is 2. The Hall–Kier alpha value is -3.28. The van der Waals surface area contributed by atoms with Gasteiger partial charge < -0.3 is 19.5 Å². The molecule has 6 nitrogen and oxygen atoms in total. The highest BCUT2D eigenvalue weighted by Crippen LogP contribution is 2.38. The van der Waals surface area contributed by atoms with Crippen LogP contribution in [0.3, 0.4) is 0 Å². The molecule has 31 heavy (non-hydrogen) atoms. The minimum absolute atomic E-state index is 0.0855. The van der Waals surface area contributed by atoms with Gasteiger partial charge in [0.15, 0.2) is 11.5 Å². The number of hydrogen-bond acceptors (Lipinski definition) is 5. The van der Waals surface area contributed by atoms with Crippen LogP contribution in [0.15, 0.2) is 36.4 Å². The van der Waals surface area contributed by atoms with E-state index in [-0.39, 0.29) is 5.91 Å². The molecule has 1 atom stereocenters. The summed E-state index contributed by atoms with van der Waals surface area (Å²) < 4.78 is 16.2. The number of nitrogens with one attached hydrogen (secondary N) is 1. The summed E-state index contributed by atoms with van der Waals surface area (Å²) in [4.78, 5) is 18.3. The molecule has 3 aromatic rings. The van der Waals surface area contributed by atoms with E-state index in [2.05, 4.69) is 12.2 Å². The Morgan fingerprint density at radius 1 is 1.10 bits per heavy atom. The van der Waals surface area contributed by atoms with E-state index < -0.39 is 0 Å². The number of aromatic nitrogens is 1. The molecule has 0 fully saturated rings. The van der Waals surface area contributed by atoms with Crippen LogP contribution < -0.4 is 19.5 Å². The molecule has 1 N–H and O–H groups in total. The zero-order chi connectivity index (χ0) is 22.0. The number of ether oxygens (including phenoxy) is 3. The van der Waals surface area contributed by atoms with Gasteiger partial charge in [0.05, 0.1) is 32.4 Å². The molecule has 1 heterocycles. The molecule has 0 saturated carbocycles. The molecule has 6 heteroatoms. The SMILES string of the molecule is COc1cc(CNC(=O)c2c3c(nc4ccccc24)CCC(C)C3)cc(OC)c1OC. The Bertz CT molecular complexity index is 1100. The summed E-state index contributed by atoms with van der Waals surface area (Å²) >= 11 is 0. The van der Waals surface area contributed by atoms with Crippen LogP contribution in [0, 0.1) is 5.92 Å². The van der Waals surface area contributed by atoms with Gasteiger partial charge in [0.2, 0.25) is 5.75 Å². The van der Waals surface area contributed by atoms with Crippen LogP contribution in [0.4, 0.5) is 0 Å². The molecule has 1 aliphatic rings. The second-order valence-electron chi connectivity index (χ2n) is 7.99. The molecule has 0 spiro atoms. The third-order valence-electron chi connectivity index (χ3n) is 5.91. The molecule has 4 rings (SSSR count). The second-order valence-corrected chi connectivity index (χ2v) is 7.99. The topological polar surface area (TPSA) is 69.7 Å². The zero-order valence-corrected chi connectivity index (χ0v) is 18.5. The van der Waals surface area contributed by atoms with E-state index in [0.717, 1.165) is 52.5 Å². The number of carbonyl (C=O) groups excluding carboxylic acids is 1. The Labute approximate surface area is 182 Å². The van der Waals surface area contributed by atoms with Crippen molar-refractivity contribution < 1.29 is 19.0 Å². The van der Waals surface area contributed by atoms with E-state index in [0.29, 0.717) is 29.7 Å². The molecule has 0 radical (unpaired) electrons. The highest BCUT2D eigenvalue weighted by molar-refractivity contribution is 6.07. The minimum atomic E-state index is -0.0855. The maximum absolute atomic E-state index is 13.4. The van der Waals surface area contributed by atoms with Gasteiger partial charge in [-0.05, 0) is 54.5 Å². The molecular weight excluding hydrogens is 392 g/mol. The molecule has 0 bridgehead atoms. The number of aryl methyl sites for hydroxylation is 1. The van der Waals surface area contributed by atoms with Gasteiger partial charge in [0.25, 0.3) is 5.91 Å². The lowest BCUT2D eigenvalue weighted by Crippen LogP contribution is -2.27. The number of fused-ring (bicyclic) bond motifs is 2. The third-order valence-corrected chi connectivity index (χ3v) is 5.91. The maximum Gasteiger partial charge on any atom is 0.252 e. The van der Waals surface area contributed by atoms with Crippen LogP contribution in [0.1, 0.15) is 40.5 Å². The highest BCUT2D eigenvalue weighted by Gasteiger charge is 2.25. The van der Waals surface area contributed by atoms with Crippen molar-refractivity contribution in [1.82, 2.24) is 10.3 Å². The average molecular weight is 421 g/mol. The lowest BCUT2D eigenvalue weighted by Gasteiger charge is -2.24. The summed E-state index contributed by atoms with van der Waals surface area (Å²) in [6, 6.07) is 11.6. The molecule has 162 valence electrons. The quantitative estimate of drug-likeness (QED) is 0.643. The minimum Gasteiger partial charge on any atom is -0.493 e. The van der Waals surface area contributed by atoms with Crippen molar-refractivity contribution in [2.45, 2.75) is 32.7 Å². The summed E-state index contributed by atoms with van der Waals surface area (Å²) in [7, 11) is 4.73. The molecule has 1 unspecified atom stereocenters. The van der Waals surface area contributed by atoms with Gasteiger partial charge in [-0.2, -0.15) is 0 Å². The standard InChI is InChI=1S/C25H28N2O4/c1-15-9-10-20-18(11-15)23(17-7-5-6-8-19(17)27-20)25(28)26-14-16-12-21(29-2)24(31-4)22(13-16)30-3/h5-8,12-13,15H,9-11,14H2,1-4H3,(H,26,28). The number of pyridine rings is 1. The predicted molar refractivity (Wildman–Crippen MR) is 120 cm³/mol. The van der Waals surface area contributed by atoms with E-state index in [1.54, 1.807) is 21.3 Å². The highest BCUT2D eigenvalue weighted by atomic mass is 16.5. The number of rotatable bonds is 6. The van der Waals surface area contributed by atoms with Gasteiger partial charge in [-0.25, -0.2) is 0 Å². The van der Waals surface area contributed by atoms with Crippen molar-refractivity contribution in [3.63, 3.8) is 0 Å². The van der Waals surface area contributed by atoms with Gasteiger partial charge in [-0.15, -0.1) is 0 Å². The first-order chi connectivity index (χ1) is 15.0. The zero-order valence-electron chi connectivity index (χ0n) is 18.5. The fourth-order valence-electron chi connectivity index (χ4n) is 4.33. The van der Waals surface area contributed by atoms with Crippen LogP contribution in [0.5, 0.6) is 17.2 Å². The second kappa shape index (κ2) is 8.84. The van der Waals surface area contributed by atoms with Gasteiger partial charge in [-0.1, -0.05) is 25.1 Å². The summed E-state index contributed by atoms with van der Waals surface area (Å²) in [6.45, 7) is 2.58. The van der Waals surface area contributed by atoms with Crippen LogP contribution >= 0.6 is 0 Å². The number of hydrogen-bond donors (Lipinski definition) is 1. The smallest absolute Gasteiger partial charge is 0.252 e. The molecule has 1 amide bonds. The van der Waals surface area contributed by atoms with Crippen molar-refractivity contribution in [2.24, 2.45) is 5.92 Å². The Balaban J connectivity index is 1.68. The van der Waals surface area contributed by atoms with Crippen molar-refractivity contribution in [3.05, 3.63) is 58.8 Å². The van der Waals surface area contributed by atoms with Crippen LogP contribution in [0.2, 0.25) is 0 Å². The molecule has 1 aromatic heterocycles. The number of methoxy groups -OCH3 is 3. The van der Waals surface area contributed by atoms with E-state index in [9.17, 15) is 4.79 Å².